The van der Waals surface area contributed by atoms with Crippen molar-refractivity contribution < 1.29 is 14.1 Å². The predicted octanol–water partition coefficient (Wildman–Crippen LogP) is 8.23. The fourth-order valence-corrected chi connectivity index (χ4v) is 6.16. The molecule has 0 atom stereocenters. The minimum Gasteiger partial charge on any atom is -0.462 e. The molecule has 0 aliphatic carbocycles. The largest absolute Gasteiger partial charge is 0.462 e. The first-order valence-corrected chi connectivity index (χ1v) is 14.9. The Labute approximate surface area is 216 Å². The minimum atomic E-state index is -0.205. The van der Waals surface area contributed by atoms with Gasteiger partial charge >= 0.3 is 5.97 Å². The molecule has 0 fully saturated rings. The molecule has 190 valence electrons. The molecular weight excluding hydrogens is 460 g/mol. The van der Waals surface area contributed by atoms with Gasteiger partial charge in [0.2, 0.25) is 5.69 Å². The summed E-state index contributed by atoms with van der Waals surface area (Å²) in [5, 5.41) is 4.65. The van der Waals surface area contributed by atoms with E-state index in [2.05, 4.69) is 53.9 Å². The highest BCUT2D eigenvalue weighted by molar-refractivity contribution is 8.06. The van der Waals surface area contributed by atoms with E-state index >= 15 is 0 Å². The number of ether oxygens (including phenoxy) is 1. The Hall–Kier alpha value is -1.53. The first-order chi connectivity index (χ1) is 16.5. The predicted molar refractivity (Wildman–Crippen MR) is 148 cm³/mol. The Morgan fingerprint density at radius 2 is 1.68 bits per heavy atom. The number of hydrogen-bond acceptors (Lipinski definition) is 5. The van der Waals surface area contributed by atoms with Gasteiger partial charge in [0.25, 0.3) is 5.01 Å². The van der Waals surface area contributed by atoms with E-state index in [-0.39, 0.29) is 5.97 Å². The third-order valence-electron chi connectivity index (χ3n) is 6.16. The molecule has 0 radical (unpaired) electrons. The maximum absolute atomic E-state index is 12.5. The maximum atomic E-state index is 12.5. The van der Waals surface area contributed by atoms with Crippen LogP contribution in [0.4, 0.5) is 0 Å². The quantitative estimate of drug-likeness (QED) is 0.129. The summed E-state index contributed by atoms with van der Waals surface area (Å²) in [4.78, 5) is 15.7. The van der Waals surface area contributed by atoms with Gasteiger partial charge in [-0.25, -0.2) is 4.79 Å². The zero-order chi connectivity index (χ0) is 24.8. The summed E-state index contributed by atoms with van der Waals surface area (Å²) >= 11 is 3.35. The first kappa shape index (κ1) is 28.7. The molecule has 0 N–H and O–H groups in total. The van der Waals surface area contributed by atoms with Gasteiger partial charge in [-0.05, 0) is 38.2 Å². The number of carbonyl (C=O) groups is 1. The highest BCUT2D eigenvalue weighted by Crippen LogP contribution is 2.34. The van der Waals surface area contributed by atoms with Crippen LogP contribution < -0.4 is 4.57 Å². The summed E-state index contributed by atoms with van der Waals surface area (Å²) in [5.74, 6) is -0.205. The molecule has 0 spiro atoms. The Kier molecular flexibility index (Phi) is 13.7. The Bertz CT molecular complexity index is 855. The number of hydrogen-bond donors (Lipinski definition) is 0. The van der Waals surface area contributed by atoms with Gasteiger partial charge in [0, 0.05) is 31.7 Å². The van der Waals surface area contributed by atoms with E-state index in [9.17, 15) is 4.79 Å². The Morgan fingerprint density at radius 3 is 2.35 bits per heavy atom. The molecule has 2 rings (SSSR count). The number of carbonyl (C=O) groups excluding carboxylic acids is 1. The van der Waals surface area contributed by atoms with E-state index in [1.54, 1.807) is 23.1 Å². The molecule has 0 aromatic carbocycles. The number of thiazole rings is 1. The molecule has 34 heavy (non-hydrogen) atoms. The highest BCUT2D eigenvalue weighted by atomic mass is 32.2. The average molecular weight is 506 g/mol. The van der Waals surface area contributed by atoms with Crippen LogP contribution in [0.2, 0.25) is 0 Å². The first-order valence-electron chi connectivity index (χ1n) is 13.2. The number of allylic oxidation sites excluding steroid dienone is 3. The monoisotopic (exact) mass is 505 g/mol. The van der Waals surface area contributed by atoms with Crippen LogP contribution in [-0.4, -0.2) is 24.0 Å². The van der Waals surface area contributed by atoms with Crippen molar-refractivity contribution in [3.63, 3.8) is 0 Å². The van der Waals surface area contributed by atoms with E-state index in [1.165, 1.54) is 68.5 Å². The lowest BCUT2D eigenvalue weighted by Crippen LogP contribution is -2.38. The molecule has 0 saturated carbocycles. The molecule has 1 aromatic heterocycles. The van der Waals surface area contributed by atoms with Gasteiger partial charge in [0.1, 0.15) is 6.54 Å². The van der Waals surface area contributed by atoms with Gasteiger partial charge in [0.05, 0.1) is 11.6 Å². The molecule has 1 aliphatic heterocycles. The molecule has 1 aromatic rings. The van der Waals surface area contributed by atoms with Crippen LogP contribution in [0.25, 0.3) is 6.08 Å². The summed E-state index contributed by atoms with van der Waals surface area (Å²) in [6.45, 7) is 13.0. The van der Waals surface area contributed by atoms with Gasteiger partial charge in [-0.3, -0.25) is 0 Å². The van der Waals surface area contributed by atoms with Crippen LogP contribution in [0.3, 0.4) is 0 Å². The molecule has 4 nitrogen and oxygen atoms in total. The zero-order valence-corrected chi connectivity index (χ0v) is 23.7. The third-order valence-corrected chi connectivity index (χ3v) is 8.45. The van der Waals surface area contributed by atoms with E-state index in [0.29, 0.717) is 6.61 Å². The van der Waals surface area contributed by atoms with Crippen molar-refractivity contribution in [2.75, 3.05) is 13.2 Å². The van der Waals surface area contributed by atoms with Crippen molar-refractivity contribution in [3.05, 3.63) is 43.9 Å². The fraction of sp³-hybridized carbons (Fsp3) is 0.643. The maximum Gasteiger partial charge on any atom is 0.355 e. The van der Waals surface area contributed by atoms with Crippen LogP contribution in [0.1, 0.15) is 112 Å². The van der Waals surface area contributed by atoms with Crippen molar-refractivity contribution in [1.29, 1.82) is 0 Å². The topological polar surface area (TPSA) is 33.4 Å². The summed E-state index contributed by atoms with van der Waals surface area (Å²) in [6, 6.07) is 0. The average Bonchev–Trinajstić information content (AvgIpc) is 3.33. The van der Waals surface area contributed by atoms with Crippen molar-refractivity contribution in [2.45, 2.75) is 105 Å². The summed E-state index contributed by atoms with van der Waals surface area (Å²) in [7, 11) is 0. The van der Waals surface area contributed by atoms with Gasteiger partial charge in [-0.2, -0.15) is 4.57 Å². The molecule has 0 amide bonds. The van der Waals surface area contributed by atoms with Crippen LogP contribution in [0, 0.1) is 6.92 Å². The number of unbranched alkanes of at least 4 members (excludes halogenated alkanes) is 8. The molecular formula is C28H45N2O2S2+. The van der Waals surface area contributed by atoms with Crippen LogP contribution >= 0.6 is 23.1 Å². The molecule has 6 heteroatoms. The van der Waals surface area contributed by atoms with Gasteiger partial charge in [-0.15, -0.1) is 0 Å². The Morgan fingerprint density at radius 1 is 1.00 bits per heavy atom. The lowest BCUT2D eigenvalue weighted by molar-refractivity contribution is -0.700. The number of esters is 1. The number of rotatable bonds is 16. The summed E-state index contributed by atoms with van der Waals surface area (Å²) in [6.07, 6.45) is 19.2. The lowest BCUT2D eigenvalue weighted by atomic mass is 10.1. The van der Waals surface area contributed by atoms with Crippen molar-refractivity contribution in [2.24, 2.45) is 0 Å². The second kappa shape index (κ2) is 16.2. The van der Waals surface area contributed by atoms with E-state index in [0.717, 1.165) is 35.1 Å². The lowest BCUT2D eigenvalue weighted by Gasteiger charge is -2.21. The highest BCUT2D eigenvalue weighted by Gasteiger charge is 2.27. The van der Waals surface area contributed by atoms with Gasteiger partial charge < -0.3 is 9.64 Å². The Balaban J connectivity index is 2.11. The molecule has 0 saturated heterocycles. The standard InChI is InChI=1S/C28H45N2O2S2/c1-6-9-11-13-15-20-29-23(4)22-33-25(29)18-17-19-26-30(21-16-14-12-10-7-2)24(5)27(34-26)28(31)32-8-3/h17-19,22H,6-16,20-21H2,1-5H3/q+1. The van der Waals surface area contributed by atoms with Crippen LogP contribution in [-0.2, 0) is 11.3 Å². The van der Waals surface area contributed by atoms with Crippen molar-refractivity contribution in [3.8, 4) is 0 Å². The normalized spacial score (nSPS) is 15.0. The smallest absolute Gasteiger partial charge is 0.355 e. The van der Waals surface area contributed by atoms with Crippen LogP contribution in [0.15, 0.2) is 28.3 Å². The number of thioether (sulfide) groups is 1. The van der Waals surface area contributed by atoms with Crippen LogP contribution in [0.5, 0.6) is 0 Å². The summed E-state index contributed by atoms with van der Waals surface area (Å²) in [5.41, 5.74) is 2.35. The third kappa shape index (κ3) is 8.92. The molecule has 2 heterocycles. The zero-order valence-electron chi connectivity index (χ0n) is 22.0. The van der Waals surface area contributed by atoms with E-state index in [4.69, 9.17) is 4.74 Å². The molecule has 0 bridgehead atoms. The van der Waals surface area contributed by atoms with E-state index in [1.807, 2.05) is 13.8 Å². The number of aromatic nitrogens is 1. The SMILES string of the molecule is CCCCCCCN1C(C)=CSC1=CC=Cc1sc(C(=O)OCC)c(C)[n+]1CCCCCCC. The van der Waals surface area contributed by atoms with Gasteiger partial charge in [0.15, 0.2) is 4.88 Å². The van der Waals surface area contributed by atoms with Crippen molar-refractivity contribution in [1.82, 2.24) is 4.90 Å². The van der Waals surface area contributed by atoms with E-state index < -0.39 is 0 Å². The number of nitrogens with zero attached hydrogens (tertiary/aromatic N) is 2. The second-order valence-electron chi connectivity index (χ2n) is 8.95. The molecule has 0 unspecified atom stereocenters. The van der Waals surface area contributed by atoms with Crippen molar-refractivity contribution >= 4 is 35.1 Å². The minimum absolute atomic E-state index is 0.205. The fourth-order valence-electron chi connectivity index (χ4n) is 4.13. The second-order valence-corrected chi connectivity index (χ2v) is 10.9. The van der Waals surface area contributed by atoms with Gasteiger partial charge in [-0.1, -0.05) is 88.0 Å². The summed E-state index contributed by atoms with van der Waals surface area (Å²) < 4.78 is 7.61. The molecule has 1 aliphatic rings.